The Morgan fingerprint density at radius 3 is 2.35 bits per heavy atom. The van der Waals surface area contributed by atoms with Gasteiger partial charge in [-0.2, -0.15) is 0 Å². The Kier molecular flexibility index (Phi) is 8.67. The number of ether oxygens (including phenoxy) is 3. The minimum atomic E-state index is -4.08. The number of esters is 2. The van der Waals surface area contributed by atoms with Crippen molar-refractivity contribution in [1.29, 1.82) is 0 Å². The van der Waals surface area contributed by atoms with Crippen molar-refractivity contribution in [3.63, 3.8) is 0 Å². The summed E-state index contributed by atoms with van der Waals surface area (Å²) in [4.78, 5) is 41.8. The Balaban J connectivity index is 1.49. The fraction of sp³-hybridized carbons (Fsp3) is 0.194. The predicted octanol–water partition coefficient (Wildman–Crippen LogP) is 6.45. The van der Waals surface area contributed by atoms with Gasteiger partial charge >= 0.3 is 11.9 Å². The lowest BCUT2D eigenvalue weighted by atomic mass is 10.0. The maximum atomic E-state index is 14.2. The van der Waals surface area contributed by atoms with Crippen LogP contribution in [0.3, 0.4) is 0 Å². The standard InChI is InChI=1S/C36H32N2O9S/c1-21-14-16-24(17-15-21)48(42,43)38-20-28(25-11-5-6-13-29(25)38)30-33(44-3)35(47-34(30)36(41)45-4)32(40)27-19-37-31-23(9-7-12-26(27)31)10-8-18-46-22(2)39/h5-7,9,11-17,19-20,37H,8,10,18H2,1-4H3. The van der Waals surface area contributed by atoms with Crippen molar-refractivity contribution < 1.29 is 41.4 Å². The number of nitrogens with one attached hydrogen (secondary N) is 1. The average molecular weight is 669 g/mol. The lowest BCUT2D eigenvalue weighted by molar-refractivity contribution is -0.141. The molecule has 3 aromatic heterocycles. The lowest BCUT2D eigenvalue weighted by Gasteiger charge is -2.07. The van der Waals surface area contributed by atoms with Crippen LogP contribution in [0.1, 0.15) is 51.1 Å². The quantitative estimate of drug-likeness (QED) is 0.0935. The van der Waals surface area contributed by atoms with E-state index in [-0.39, 0.29) is 51.4 Å². The molecule has 0 radical (unpaired) electrons. The summed E-state index contributed by atoms with van der Waals surface area (Å²) in [7, 11) is -1.57. The molecule has 6 aromatic rings. The van der Waals surface area contributed by atoms with Crippen molar-refractivity contribution in [3.05, 3.63) is 107 Å². The Morgan fingerprint density at radius 1 is 0.917 bits per heavy atom. The topological polar surface area (TPSA) is 147 Å². The normalized spacial score (nSPS) is 11.6. The highest BCUT2D eigenvalue weighted by atomic mass is 32.2. The van der Waals surface area contributed by atoms with E-state index < -0.39 is 21.8 Å². The van der Waals surface area contributed by atoms with Gasteiger partial charge in [0.1, 0.15) is 0 Å². The van der Waals surface area contributed by atoms with Gasteiger partial charge < -0.3 is 23.6 Å². The van der Waals surface area contributed by atoms with Crippen LogP contribution in [0, 0.1) is 6.92 Å². The van der Waals surface area contributed by atoms with Crippen LogP contribution in [0.25, 0.3) is 32.9 Å². The maximum absolute atomic E-state index is 14.2. The molecule has 0 aliphatic heterocycles. The summed E-state index contributed by atoms with van der Waals surface area (Å²) in [5.41, 5.74) is 3.53. The van der Waals surface area contributed by atoms with Gasteiger partial charge in [-0.3, -0.25) is 9.59 Å². The highest BCUT2D eigenvalue weighted by molar-refractivity contribution is 7.90. The first-order chi connectivity index (χ1) is 23.1. The second-order valence-electron chi connectivity index (χ2n) is 11.1. The number of nitrogens with zero attached hydrogens (tertiary/aromatic N) is 1. The third-order valence-electron chi connectivity index (χ3n) is 8.11. The summed E-state index contributed by atoms with van der Waals surface area (Å²) in [5, 5.41) is 1.09. The van der Waals surface area contributed by atoms with Crippen molar-refractivity contribution in [2.24, 2.45) is 0 Å². The highest BCUT2D eigenvalue weighted by Gasteiger charge is 2.35. The van der Waals surface area contributed by atoms with Gasteiger partial charge in [-0.05, 0) is 43.5 Å². The first-order valence-electron chi connectivity index (χ1n) is 15.1. The van der Waals surface area contributed by atoms with E-state index in [1.807, 2.05) is 19.1 Å². The van der Waals surface area contributed by atoms with Crippen LogP contribution in [0.4, 0.5) is 0 Å². The van der Waals surface area contributed by atoms with Crippen LogP contribution < -0.4 is 4.74 Å². The Bertz CT molecular complexity index is 2310. The number of para-hydroxylation sites is 2. The van der Waals surface area contributed by atoms with Crippen LogP contribution in [-0.2, 0) is 30.7 Å². The summed E-state index contributed by atoms with van der Waals surface area (Å²) in [6, 6.07) is 18.8. The van der Waals surface area contributed by atoms with Gasteiger partial charge in [-0.15, -0.1) is 0 Å². The maximum Gasteiger partial charge on any atom is 0.374 e. The second-order valence-corrected chi connectivity index (χ2v) is 13.0. The number of fused-ring (bicyclic) bond motifs is 2. The Labute approximate surface area is 276 Å². The average Bonchev–Trinajstić information content (AvgIpc) is 3.80. The van der Waals surface area contributed by atoms with E-state index in [1.54, 1.807) is 48.7 Å². The van der Waals surface area contributed by atoms with Crippen LogP contribution >= 0.6 is 0 Å². The van der Waals surface area contributed by atoms with Gasteiger partial charge in [0, 0.05) is 41.2 Å². The number of benzene rings is 3. The third kappa shape index (κ3) is 5.64. The summed E-state index contributed by atoms with van der Waals surface area (Å²) in [5.74, 6) is -2.43. The molecule has 48 heavy (non-hydrogen) atoms. The third-order valence-corrected chi connectivity index (χ3v) is 9.80. The molecule has 0 atom stereocenters. The predicted molar refractivity (Wildman–Crippen MR) is 178 cm³/mol. The number of furan rings is 1. The molecular weight excluding hydrogens is 636 g/mol. The molecule has 1 N–H and O–H groups in total. The number of H-pyrrole nitrogens is 1. The first kappa shape index (κ1) is 32.3. The van der Waals surface area contributed by atoms with Crippen LogP contribution in [0.2, 0.25) is 0 Å². The largest absolute Gasteiger partial charge is 0.492 e. The van der Waals surface area contributed by atoms with Crippen molar-refractivity contribution in [3.8, 4) is 16.9 Å². The smallest absolute Gasteiger partial charge is 0.374 e. The molecule has 0 spiro atoms. The summed E-state index contributed by atoms with van der Waals surface area (Å²) >= 11 is 0. The van der Waals surface area contributed by atoms with Crippen LogP contribution in [-0.4, -0.2) is 55.9 Å². The molecule has 0 saturated carbocycles. The van der Waals surface area contributed by atoms with Crippen molar-refractivity contribution in [2.75, 3.05) is 20.8 Å². The molecule has 246 valence electrons. The number of aryl methyl sites for hydroxylation is 2. The highest BCUT2D eigenvalue weighted by Crippen LogP contribution is 2.45. The molecule has 0 bridgehead atoms. The van der Waals surface area contributed by atoms with E-state index in [9.17, 15) is 22.8 Å². The van der Waals surface area contributed by atoms with E-state index in [0.29, 0.717) is 29.1 Å². The number of ketones is 1. The minimum absolute atomic E-state index is 0.0528. The number of aromatic amines is 1. The van der Waals surface area contributed by atoms with Gasteiger partial charge in [0.2, 0.25) is 17.3 Å². The molecule has 12 heteroatoms. The molecule has 0 aliphatic carbocycles. The molecular formula is C36H32N2O9S. The molecule has 11 nitrogen and oxygen atoms in total. The minimum Gasteiger partial charge on any atom is -0.492 e. The number of carbonyl (C=O) groups is 3. The van der Waals surface area contributed by atoms with E-state index >= 15 is 0 Å². The second kappa shape index (κ2) is 12.9. The number of hydrogen-bond donors (Lipinski definition) is 1. The van der Waals surface area contributed by atoms with Crippen LogP contribution in [0.5, 0.6) is 5.75 Å². The zero-order chi connectivity index (χ0) is 34.2. The summed E-state index contributed by atoms with van der Waals surface area (Å²) < 4.78 is 50.8. The zero-order valence-corrected chi connectivity index (χ0v) is 27.5. The first-order valence-corrected chi connectivity index (χ1v) is 16.5. The molecule has 0 fully saturated rings. The Morgan fingerprint density at radius 2 is 1.65 bits per heavy atom. The fourth-order valence-corrected chi connectivity index (χ4v) is 7.20. The van der Waals surface area contributed by atoms with E-state index in [4.69, 9.17) is 18.6 Å². The van der Waals surface area contributed by atoms with Gasteiger partial charge in [-0.25, -0.2) is 17.2 Å². The van der Waals surface area contributed by atoms with E-state index in [1.165, 1.54) is 39.5 Å². The van der Waals surface area contributed by atoms with Crippen LogP contribution in [0.15, 0.2) is 88.4 Å². The molecule has 6 rings (SSSR count). The van der Waals surface area contributed by atoms with Gasteiger partial charge in [0.25, 0.3) is 10.0 Å². The molecule has 0 unspecified atom stereocenters. The number of methoxy groups -OCH3 is 2. The number of aromatic nitrogens is 2. The Hall–Kier alpha value is -5.62. The van der Waals surface area contributed by atoms with Crippen molar-refractivity contribution in [2.45, 2.75) is 31.6 Å². The fourth-order valence-electron chi connectivity index (χ4n) is 5.83. The number of carbonyl (C=O) groups excluding carboxylic acids is 3. The molecule has 0 amide bonds. The molecule has 3 heterocycles. The van der Waals surface area contributed by atoms with Gasteiger partial charge in [-0.1, -0.05) is 54.1 Å². The van der Waals surface area contributed by atoms with Gasteiger partial charge in [0.05, 0.1) is 42.4 Å². The number of hydrogen-bond acceptors (Lipinski definition) is 9. The summed E-state index contributed by atoms with van der Waals surface area (Å²) in [6.45, 7) is 3.49. The van der Waals surface area contributed by atoms with Gasteiger partial charge in [0.15, 0.2) is 5.75 Å². The molecule has 3 aromatic carbocycles. The summed E-state index contributed by atoms with van der Waals surface area (Å²) in [6.07, 6.45) is 4.13. The van der Waals surface area contributed by atoms with Crippen molar-refractivity contribution >= 4 is 49.6 Å². The lowest BCUT2D eigenvalue weighted by Crippen LogP contribution is -2.11. The van der Waals surface area contributed by atoms with Crippen molar-refractivity contribution in [1.82, 2.24) is 8.96 Å². The van der Waals surface area contributed by atoms with E-state index in [0.717, 1.165) is 20.6 Å². The monoisotopic (exact) mass is 668 g/mol. The SMILES string of the molecule is COC(=O)c1oc(C(=O)c2c[nH]c3c(CCCOC(C)=O)cccc23)c(OC)c1-c1cn(S(=O)(=O)c2ccc(C)cc2)c2ccccc12. The number of rotatable bonds is 11. The van der Waals surface area contributed by atoms with E-state index in [2.05, 4.69) is 4.98 Å². The molecule has 0 aliphatic rings. The zero-order valence-electron chi connectivity index (χ0n) is 26.7. The molecule has 0 saturated heterocycles.